The molecule has 2 heterocycles. The molecule has 0 aliphatic carbocycles. The van der Waals surface area contributed by atoms with Gasteiger partial charge in [-0.1, -0.05) is 0 Å². The van der Waals surface area contributed by atoms with Crippen molar-refractivity contribution in [3.05, 3.63) is 21.4 Å². The fourth-order valence-electron chi connectivity index (χ4n) is 2.84. The maximum atomic E-state index is 3.78. The Kier molecular flexibility index (Phi) is 3.91. The summed E-state index contributed by atoms with van der Waals surface area (Å²) in [6, 6.07) is 4.16. The number of hydrogen-bond acceptors (Lipinski definition) is 3. The van der Waals surface area contributed by atoms with Crippen molar-refractivity contribution in [3.63, 3.8) is 0 Å². The van der Waals surface area contributed by atoms with Crippen LogP contribution in [0.15, 0.2) is 6.07 Å². The Morgan fingerprint density at radius 1 is 1.47 bits per heavy atom. The second kappa shape index (κ2) is 5.09. The van der Waals surface area contributed by atoms with Gasteiger partial charge in [-0.05, 0) is 52.8 Å². The van der Waals surface area contributed by atoms with Crippen molar-refractivity contribution < 1.29 is 0 Å². The predicted molar refractivity (Wildman–Crippen MR) is 75.8 cm³/mol. The number of nitrogens with one attached hydrogen (secondary N) is 1. The zero-order valence-corrected chi connectivity index (χ0v) is 12.4. The fourth-order valence-corrected chi connectivity index (χ4v) is 3.86. The molecule has 0 bridgehead atoms. The van der Waals surface area contributed by atoms with Crippen LogP contribution in [-0.2, 0) is 0 Å². The van der Waals surface area contributed by atoms with E-state index >= 15 is 0 Å². The largest absolute Gasteiger partial charge is 0.306 e. The molecule has 1 aromatic rings. The van der Waals surface area contributed by atoms with E-state index < -0.39 is 0 Å². The maximum absolute atomic E-state index is 3.78. The van der Waals surface area contributed by atoms with E-state index in [0.29, 0.717) is 18.1 Å². The fraction of sp³-hybridized carbons (Fsp3) is 0.714. The Labute approximate surface area is 109 Å². The molecule has 3 heteroatoms. The molecule has 1 aliphatic heterocycles. The molecule has 0 aromatic carbocycles. The lowest BCUT2D eigenvalue weighted by Crippen LogP contribution is -2.33. The molecule has 1 N–H and O–H groups in total. The Morgan fingerprint density at radius 3 is 2.65 bits per heavy atom. The van der Waals surface area contributed by atoms with E-state index in [9.17, 15) is 0 Å². The van der Waals surface area contributed by atoms with Crippen LogP contribution in [0.3, 0.4) is 0 Å². The molecule has 17 heavy (non-hydrogen) atoms. The zero-order chi connectivity index (χ0) is 12.6. The van der Waals surface area contributed by atoms with Crippen molar-refractivity contribution in [2.75, 3.05) is 13.6 Å². The van der Waals surface area contributed by atoms with Gasteiger partial charge in [-0.25, -0.2) is 0 Å². The van der Waals surface area contributed by atoms with Gasteiger partial charge < -0.3 is 10.2 Å². The standard InChI is InChI=1S/C14H24N2S/c1-9-6-13(8-16(9)5)15-11(3)14-7-10(2)17-12(14)4/h7,9,11,13,15H,6,8H2,1-5H3. The van der Waals surface area contributed by atoms with Crippen molar-refractivity contribution in [2.24, 2.45) is 0 Å². The summed E-state index contributed by atoms with van der Waals surface area (Å²) in [7, 11) is 2.22. The highest BCUT2D eigenvalue weighted by Crippen LogP contribution is 2.27. The van der Waals surface area contributed by atoms with Gasteiger partial charge >= 0.3 is 0 Å². The van der Waals surface area contributed by atoms with E-state index in [4.69, 9.17) is 0 Å². The molecule has 96 valence electrons. The highest BCUT2D eigenvalue weighted by molar-refractivity contribution is 7.12. The number of rotatable bonds is 3. The van der Waals surface area contributed by atoms with Crippen LogP contribution in [-0.4, -0.2) is 30.6 Å². The Bertz CT molecular complexity index is 376. The van der Waals surface area contributed by atoms with Crippen LogP contribution in [0.5, 0.6) is 0 Å². The normalized spacial score (nSPS) is 27.6. The monoisotopic (exact) mass is 252 g/mol. The SMILES string of the molecule is Cc1cc(C(C)NC2CC(C)N(C)C2)c(C)s1. The average molecular weight is 252 g/mol. The quantitative estimate of drug-likeness (QED) is 0.889. The van der Waals surface area contributed by atoms with Crippen molar-refractivity contribution in [1.29, 1.82) is 0 Å². The lowest BCUT2D eigenvalue weighted by Gasteiger charge is -2.19. The molecule has 0 spiro atoms. The van der Waals surface area contributed by atoms with Gasteiger partial charge in [-0.2, -0.15) is 0 Å². The minimum atomic E-state index is 0.476. The average Bonchev–Trinajstić information content (AvgIpc) is 2.71. The molecule has 0 saturated carbocycles. The van der Waals surface area contributed by atoms with E-state index in [-0.39, 0.29) is 0 Å². The minimum Gasteiger partial charge on any atom is -0.306 e. The van der Waals surface area contributed by atoms with Crippen LogP contribution < -0.4 is 5.32 Å². The third-order valence-corrected chi connectivity index (χ3v) is 4.90. The van der Waals surface area contributed by atoms with Crippen LogP contribution in [0.1, 0.15) is 41.6 Å². The molecule has 3 atom stereocenters. The van der Waals surface area contributed by atoms with E-state index in [0.717, 1.165) is 0 Å². The molecule has 1 aliphatic rings. The summed E-state index contributed by atoms with van der Waals surface area (Å²) in [6.07, 6.45) is 1.27. The van der Waals surface area contributed by atoms with E-state index in [1.54, 1.807) is 0 Å². The number of nitrogens with zero attached hydrogens (tertiary/aromatic N) is 1. The summed E-state index contributed by atoms with van der Waals surface area (Å²) >= 11 is 1.91. The van der Waals surface area contributed by atoms with Crippen LogP contribution in [0.25, 0.3) is 0 Å². The molecule has 3 unspecified atom stereocenters. The molecule has 1 aromatic heterocycles. The second-order valence-corrected chi connectivity index (χ2v) is 6.94. The second-order valence-electron chi connectivity index (χ2n) is 5.48. The Balaban J connectivity index is 1.98. The molecular weight excluding hydrogens is 228 g/mol. The molecule has 1 fully saturated rings. The van der Waals surface area contributed by atoms with Crippen molar-refractivity contribution in [2.45, 2.75) is 52.2 Å². The highest BCUT2D eigenvalue weighted by atomic mass is 32.1. The summed E-state index contributed by atoms with van der Waals surface area (Å²) in [5, 5.41) is 3.78. The number of likely N-dealkylation sites (tertiary alicyclic amines) is 1. The molecular formula is C14H24N2S. The first-order valence-corrected chi connectivity index (χ1v) is 7.32. The van der Waals surface area contributed by atoms with Gasteiger partial charge in [0.25, 0.3) is 0 Å². The van der Waals surface area contributed by atoms with Gasteiger partial charge in [0.2, 0.25) is 0 Å². The first kappa shape index (κ1) is 13.1. The summed E-state index contributed by atoms with van der Waals surface area (Å²) < 4.78 is 0. The summed E-state index contributed by atoms with van der Waals surface area (Å²) in [5.41, 5.74) is 1.48. The van der Waals surface area contributed by atoms with Crippen LogP contribution in [0.4, 0.5) is 0 Å². The lowest BCUT2D eigenvalue weighted by molar-refractivity contribution is 0.325. The number of aryl methyl sites for hydroxylation is 2. The van der Waals surface area contributed by atoms with Crippen LogP contribution in [0, 0.1) is 13.8 Å². The molecule has 1 saturated heterocycles. The number of likely N-dealkylation sites (N-methyl/N-ethyl adjacent to an activating group) is 1. The molecule has 0 amide bonds. The number of thiophene rings is 1. The highest BCUT2D eigenvalue weighted by Gasteiger charge is 2.27. The van der Waals surface area contributed by atoms with Gasteiger partial charge in [0.05, 0.1) is 0 Å². The first-order chi connectivity index (χ1) is 7.97. The number of hydrogen-bond donors (Lipinski definition) is 1. The summed E-state index contributed by atoms with van der Waals surface area (Å²) in [4.78, 5) is 5.32. The topological polar surface area (TPSA) is 15.3 Å². The van der Waals surface area contributed by atoms with E-state index in [2.05, 4.69) is 51.0 Å². The predicted octanol–water partition coefficient (Wildman–Crippen LogP) is 3.11. The Hall–Kier alpha value is -0.380. The molecule has 0 radical (unpaired) electrons. The summed E-state index contributed by atoms with van der Waals surface area (Å²) in [6.45, 7) is 10.2. The van der Waals surface area contributed by atoms with Gasteiger partial charge in [0, 0.05) is 34.4 Å². The molecule has 2 nitrogen and oxygen atoms in total. The Morgan fingerprint density at radius 2 is 2.18 bits per heavy atom. The van der Waals surface area contributed by atoms with Gasteiger partial charge in [0.15, 0.2) is 0 Å². The van der Waals surface area contributed by atoms with Crippen molar-refractivity contribution in [3.8, 4) is 0 Å². The maximum Gasteiger partial charge on any atom is 0.0305 e. The van der Waals surface area contributed by atoms with Gasteiger partial charge in [-0.15, -0.1) is 11.3 Å². The lowest BCUT2D eigenvalue weighted by atomic mass is 10.1. The third kappa shape index (κ3) is 2.90. The van der Waals surface area contributed by atoms with E-state index in [1.165, 1.54) is 28.3 Å². The first-order valence-electron chi connectivity index (χ1n) is 6.50. The van der Waals surface area contributed by atoms with Crippen molar-refractivity contribution >= 4 is 11.3 Å². The zero-order valence-electron chi connectivity index (χ0n) is 11.6. The van der Waals surface area contributed by atoms with Gasteiger partial charge in [-0.3, -0.25) is 0 Å². The minimum absolute atomic E-state index is 0.476. The van der Waals surface area contributed by atoms with E-state index in [1.807, 2.05) is 11.3 Å². The van der Waals surface area contributed by atoms with Crippen LogP contribution >= 0.6 is 11.3 Å². The smallest absolute Gasteiger partial charge is 0.0305 e. The van der Waals surface area contributed by atoms with Crippen molar-refractivity contribution in [1.82, 2.24) is 10.2 Å². The van der Waals surface area contributed by atoms with Gasteiger partial charge in [0.1, 0.15) is 0 Å². The molecule has 2 rings (SSSR count). The third-order valence-electron chi connectivity index (χ3n) is 3.92. The summed E-state index contributed by atoms with van der Waals surface area (Å²) in [5.74, 6) is 0. The van der Waals surface area contributed by atoms with Crippen LogP contribution in [0.2, 0.25) is 0 Å².